The third-order valence-corrected chi connectivity index (χ3v) is 2.59. The number of nitrogens with zero attached hydrogens (tertiary/aromatic N) is 2. The summed E-state index contributed by atoms with van der Waals surface area (Å²) in [5.41, 5.74) is 0. The molecule has 0 atom stereocenters. The summed E-state index contributed by atoms with van der Waals surface area (Å²) in [5.74, 6) is -4.47. The maximum atomic E-state index is 12.0. The highest BCUT2D eigenvalue weighted by atomic mass is 19.4. The highest BCUT2D eigenvalue weighted by Gasteiger charge is 2.43. The molecule has 0 aromatic carbocycles. The molecule has 0 aliphatic carbocycles. The Bertz CT molecular complexity index is 361. The van der Waals surface area contributed by atoms with Gasteiger partial charge in [-0.2, -0.15) is 26.3 Å². The summed E-state index contributed by atoms with van der Waals surface area (Å²) in [5, 5.41) is 7.12. The van der Waals surface area contributed by atoms with Crippen LogP contribution in [0, 0.1) is 0 Å². The molecule has 5 nitrogen and oxygen atoms in total. The van der Waals surface area contributed by atoms with Crippen molar-refractivity contribution >= 4 is 11.9 Å². The predicted molar refractivity (Wildman–Crippen MR) is 58.4 cm³/mol. The molecule has 1 amide bonds. The summed E-state index contributed by atoms with van der Waals surface area (Å²) >= 11 is 0. The molecule has 21 heavy (non-hydrogen) atoms. The van der Waals surface area contributed by atoms with Gasteiger partial charge < -0.3 is 14.9 Å². The largest absolute Gasteiger partial charge is 0.490 e. The molecule has 0 bridgehead atoms. The molecule has 1 N–H and O–H groups in total. The Morgan fingerprint density at radius 2 is 1.33 bits per heavy atom. The number of carboxylic acid groups (broad SMARTS) is 1. The SMILES string of the molecule is CCN1CCN(C(=O)C(F)(F)F)CC1.O=C(O)C(F)(F)F. The molecule has 124 valence electrons. The highest BCUT2D eigenvalue weighted by Crippen LogP contribution is 2.19. The first-order chi connectivity index (χ1) is 9.39. The van der Waals surface area contributed by atoms with Crippen molar-refractivity contribution in [1.29, 1.82) is 0 Å². The van der Waals surface area contributed by atoms with Gasteiger partial charge in [0.25, 0.3) is 0 Å². The number of hydrogen-bond donors (Lipinski definition) is 1. The fourth-order valence-corrected chi connectivity index (χ4v) is 1.45. The van der Waals surface area contributed by atoms with Gasteiger partial charge in [0.05, 0.1) is 0 Å². The second-order valence-electron chi connectivity index (χ2n) is 4.03. The molecule has 0 aromatic rings. The molecule has 1 aliphatic rings. The van der Waals surface area contributed by atoms with Crippen LogP contribution in [0.15, 0.2) is 0 Å². The fraction of sp³-hybridized carbons (Fsp3) is 0.800. The van der Waals surface area contributed by atoms with Crippen molar-refractivity contribution in [2.75, 3.05) is 32.7 Å². The topological polar surface area (TPSA) is 60.9 Å². The monoisotopic (exact) mass is 324 g/mol. The van der Waals surface area contributed by atoms with E-state index in [9.17, 15) is 31.1 Å². The number of halogens is 6. The number of amides is 1. The van der Waals surface area contributed by atoms with E-state index in [2.05, 4.69) is 0 Å². The highest BCUT2D eigenvalue weighted by molar-refractivity contribution is 5.81. The van der Waals surface area contributed by atoms with Gasteiger partial charge in [-0.25, -0.2) is 4.79 Å². The lowest BCUT2D eigenvalue weighted by molar-refractivity contribution is -0.192. The fourth-order valence-electron chi connectivity index (χ4n) is 1.45. The van der Waals surface area contributed by atoms with Crippen LogP contribution in [0.4, 0.5) is 26.3 Å². The Balaban J connectivity index is 0.000000486. The molecule has 1 saturated heterocycles. The molecule has 1 fully saturated rings. The normalized spacial score (nSPS) is 17.0. The zero-order valence-electron chi connectivity index (χ0n) is 11.0. The summed E-state index contributed by atoms with van der Waals surface area (Å²) in [4.78, 5) is 22.6. The van der Waals surface area contributed by atoms with Crippen LogP contribution < -0.4 is 0 Å². The van der Waals surface area contributed by atoms with Gasteiger partial charge in [-0.3, -0.25) is 4.79 Å². The van der Waals surface area contributed by atoms with Crippen molar-refractivity contribution in [3.8, 4) is 0 Å². The van der Waals surface area contributed by atoms with Gasteiger partial charge in [0.1, 0.15) is 0 Å². The van der Waals surface area contributed by atoms with Crippen molar-refractivity contribution in [3.05, 3.63) is 0 Å². The number of rotatable bonds is 1. The minimum atomic E-state index is -5.08. The van der Waals surface area contributed by atoms with E-state index >= 15 is 0 Å². The van der Waals surface area contributed by atoms with Gasteiger partial charge in [-0.05, 0) is 6.54 Å². The molecule has 1 heterocycles. The molecule has 0 radical (unpaired) electrons. The van der Waals surface area contributed by atoms with E-state index in [4.69, 9.17) is 9.90 Å². The van der Waals surface area contributed by atoms with Crippen LogP contribution in [-0.2, 0) is 9.59 Å². The lowest BCUT2D eigenvalue weighted by Gasteiger charge is -2.34. The first kappa shape index (κ1) is 19.5. The molecule has 1 rings (SSSR count). The maximum absolute atomic E-state index is 12.0. The molecule has 11 heteroatoms. The third kappa shape index (κ3) is 7.16. The first-order valence-electron chi connectivity index (χ1n) is 5.78. The van der Waals surface area contributed by atoms with Crippen LogP contribution in [0.2, 0.25) is 0 Å². The van der Waals surface area contributed by atoms with Crippen molar-refractivity contribution in [3.63, 3.8) is 0 Å². The van der Waals surface area contributed by atoms with E-state index in [1.165, 1.54) is 0 Å². The zero-order chi connectivity index (χ0) is 16.8. The van der Waals surface area contributed by atoms with E-state index in [0.29, 0.717) is 13.1 Å². The van der Waals surface area contributed by atoms with Crippen molar-refractivity contribution in [2.45, 2.75) is 19.3 Å². The Morgan fingerprint density at radius 3 is 1.57 bits per heavy atom. The van der Waals surface area contributed by atoms with Crippen molar-refractivity contribution in [2.24, 2.45) is 0 Å². The number of piperazine rings is 1. The minimum Gasteiger partial charge on any atom is -0.475 e. The van der Waals surface area contributed by atoms with E-state index < -0.39 is 24.2 Å². The van der Waals surface area contributed by atoms with Crippen LogP contribution >= 0.6 is 0 Å². The lowest BCUT2D eigenvalue weighted by atomic mass is 10.3. The van der Waals surface area contributed by atoms with Crippen LogP contribution in [0.5, 0.6) is 0 Å². The van der Waals surface area contributed by atoms with Crippen LogP contribution in [0.1, 0.15) is 6.92 Å². The van der Waals surface area contributed by atoms with Crippen LogP contribution in [-0.4, -0.2) is 71.9 Å². The molecular weight excluding hydrogens is 310 g/mol. The van der Waals surface area contributed by atoms with E-state index in [-0.39, 0.29) is 13.1 Å². The zero-order valence-corrected chi connectivity index (χ0v) is 11.0. The average Bonchev–Trinajstić information content (AvgIpc) is 2.36. The smallest absolute Gasteiger partial charge is 0.475 e. The number of alkyl halides is 6. The second-order valence-corrected chi connectivity index (χ2v) is 4.03. The number of likely N-dealkylation sites (N-methyl/N-ethyl adjacent to an activating group) is 1. The molecule has 0 aromatic heterocycles. The Morgan fingerprint density at radius 1 is 0.952 bits per heavy atom. The van der Waals surface area contributed by atoms with Gasteiger partial charge in [-0.15, -0.1) is 0 Å². The maximum Gasteiger partial charge on any atom is 0.490 e. The molecular formula is C10H14F6N2O3. The van der Waals surface area contributed by atoms with E-state index in [1.807, 2.05) is 11.8 Å². The third-order valence-electron chi connectivity index (χ3n) is 2.59. The number of aliphatic carboxylic acids is 1. The van der Waals surface area contributed by atoms with Gasteiger partial charge in [0, 0.05) is 26.2 Å². The summed E-state index contributed by atoms with van der Waals surface area (Å²) < 4.78 is 67.8. The van der Waals surface area contributed by atoms with Gasteiger partial charge in [0.2, 0.25) is 0 Å². The van der Waals surface area contributed by atoms with Gasteiger partial charge in [0.15, 0.2) is 0 Å². The van der Waals surface area contributed by atoms with Crippen molar-refractivity contribution in [1.82, 2.24) is 9.80 Å². The first-order valence-corrected chi connectivity index (χ1v) is 5.78. The Hall–Kier alpha value is -1.52. The standard InChI is InChI=1S/C8H13F3N2O.C2HF3O2/c1-2-12-3-5-13(6-4-12)7(14)8(9,10)11;3-2(4,5)1(6)7/h2-6H2,1H3;(H,6,7). The Labute approximate surface area is 116 Å². The quantitative estimate of drug-likeness (QED) is 0.740. The van der Waals surface area contributed by atoms with Crippen LogP contribution in [0.3, 0.4) is 0 Å². The molecule has 0 unspecified atom stereocenters. The number of carbonyl (C=O) groups is 2. The Kier molecular flexibility index (Phi) is 6.94. The van der Waals surface area contributed by atoms with E-state index in [1.54, 1.807) is 0 Å². The van der Waals surface area contributed by atoms with Gasteiger partial charge >= 0.3 is 24.2 Å². The molecule has 0 saturated carbocycles. The summed E-state index contributed by atoms with van der Waals surface area (Å²) in [6.45, 7) is 4.16. The van der Waals surface area contributed by atoms with Crippen molar-refractivity contribution < 1.29 is 41.0 Å². The number of hydrogen-bond acceptors (Lipinski definition) is 3. The molecule has 1 aliphatic heterocycles. The lowest BCUT2D eigenvalue weighted by Crippen LogP contribution is -2.52. The van der Waals surface area contributed by atoms with Crippen LogP contribution in [0.25, 0.3) is 0 Å². The van der Waals surface area contributed by atoms with E-state index in [0.717, 1.165) is 11.4 Å². The number of carbonyl (C=O) groups excluding carboxylic acids is 1. The summed E-state index contributed by atoms with van der Waals surface area (Å²) in [6.07, 6.45) is -9.81. The summed E-state index contributed by atoms with van der Waals surface area (Å²) in [6, 6.07) is 0. The number of carboxylic acids is 1. The average molecular weight is 324 g/mol. The second kappa shape index (κ2) is 7.48. The minimum absolute atomic E-state index is 0.173. The van der Waals surface area contributed by atoms with Gasteiger partial charge in [-0.1, -0.05) is 6.92 Å². The predicted octanol–water partition coefficient (Wildman–Crippen LogP) is 1.35. The summed E-state index contributed by atoms with van der Waals surface area (Å²) in [7, 11) is 0. The molecule has 0 spiro atoms.